The van der Waals surface area contributed by atoms with Crippen LogP contribution in [-0.2, 0) is 4.74 Å². The molecule has 0 aliphatic carbocycles. The van der Waals surface area contributed by atoms with Crippen molar-refractivity contribution in [1.82, 2.24) is 10.2 Å². The fourth-order valence-electron chi connectivity index (χ4n) is 2.97. The van der Waals surface area contributed by atoms with Gasteiger partial charge in [-0.1, -0.05) is 0 Å². The normalized spacial score (nSPS) is 40.1. The van der Waals surface area contributed by atoms with Crippen molar-refractivity contribution in [2.24, 2.45) is 0 Å². The third kappa shape index (κ3) is 2.76. The highest BCUT2D eigenvalue weighted by Crippen LogP contribution is 2.30. The highest BCUT2D eigenvalue weighted by atomic mass is 16.5. The molecule has 3 heteroatoms. The van der Waals surface area contributed by atoms with E-state index in [2.05, 4.69) is 37.9 Å². The van der Waals surface area contributed by atoms with E-state index in [1.807, 2.05) is 0 Å². The Morgan fingerprint density at radius 3 is 2.38 bits per heavy atom. The molecule has 3 nitrogen and oxygen atoms in total. The fraction of sp³-hybridized carbons (Fsp3) is 1.00. The van der Waals surface area contributed by atoms with Crippen LogP contribution in [0.2, 0.25) is 0 Å². The molecule has 0 aromatic carbocycles. The second-order valence-electron chi connectivity index (χ2n) is 6.09. The van der Waals surface area contributed by atoms with E-state index < -0.39 is 0 Å². The number of nitrogens with one attached hydrogen (secondary N) is 1. The third-order valence-corrected chi connectivity index (χ3v) is 3.98. The smallest absolute Gasteiger partial charge is 0.0710 e. The Labute approximate surface area is 99.5 Å². The number of piperazine rings is 1. The lowest BCUT2D eigenvalue weighted by Crippen LogP contribution is -2.56. The van der Waals surface area contributed by atoms with Crippen LogP contribution in [0.1, 0.15) is 40.5 Å². The first kappa shape index (κ1) is 12.3. The molecule has 94 valence electrons. The van der Waals surface area contributed by atoms with Gasteiger partial charge in [0.25, 0.3) is 0 Å². The lowest BCUT2D eigenvalue weighted by Gasteiger charge is -2.40. The zero-order chi connectivity index (χ0) is 11.8. The third-order valence-electron chi connectivity index (χ3n) is 3.98. The fourth-order valence-corrected chi connectivity index (χ4v) is 2.97. The van der Waals surface area contributed by atoms with Gasteiger partial charge in [-0.05, 0) is 40.5 Å². The zero-order valence-electron chi connectivity index (χ0n) is 11.1. The van der Waals surface area contributed by atoms with Crippen LogP contribution < -0.4 is 5.32 Å². The zero-order valence-corrected chi connectivity index (χ0v) is 11.1. The Morgan fingerprint density at radius 2 is 1.88 bits per heavy atom. The molecule has 0 radical (unpaired) electrons. The summed E-state index contributed by atoms with van der Waals surface area (Å²) in [4.78, 5) is 2.60. The van der Waals surface area contributed by atoms with Crippen molar-refractivity contribution in [3.05, 3.63) is 0 Å². The minimum absolute atomic E-state index is 0.102. The molecule has 0 amide bonds. The summed E-state index contributed by atoms with van der Waals surface area (Å²) < 4.78 is 6.09. The maximum Gasteiger partial charge on any atom is 0.0710 e. The quantitative estimate of drug-likeness (QED) is 0.774. The van der Waals surface area contributed by atoms with Crippen molar-refractivity contribution in [3.8, 4) is 0 Å². The van der Waals surface area contributed by atoms with E-state index in [0.29, 0.717) is 18.2 Å². The van der Waals surface area contributed by atoms with Gasteiger partial charge in [0, 0.05) is 31.7 Å². The minimum Gasteiger partial charge on any atom is -0.371 e. The lowest BCUT2D eigenvalue weighted by atomic mass is 10.0. The molecule has 16 heavy (non-hydrogen) atoms. The molecule has 0 aromatic rings. The summed E-state index contributed by atoms with van der Waals surface area (Å²) in [5.74, 6) is 0. The summed E-state index contributed by atoms with van der Waals surface area (Å²) in [6.07, 6.45) is 2.86. The van der Waals surface area contributed by atoms with E-state index in [4.69, 9.17) is 4.74 Å². The predicted molar refractivity (Wildman–Crippen MR) is 66.7 cm³/mol. The molecule has 2 saturated heterocycles. The average molecular weight is 226 g/mol. The Kier molecular flexibility index (Phi) is 3.57. The van der Waals surface area contributed by atoms with Crippen LogP contribution in [0.25, 0.3) is 0 Å². The van der Waals surface area contributed by atoms with E-state index in [1.165, 1.54) is 12.8 Å². The molecule has 2 aliphatic heterocycles. The molecule has 3 atom stereocenters. The predicted octanol–water partition coefficient (Wildman–Crippen LogP) is 1.63. The van der Waals surface area contributed by atoms with Gasteiger partial charge in [0.1, 0.15) is 0 Å². The molecule has 2 heterocycles. The van der Waals surface area contributed by atoms with Crippen molar-refractivity contribution in [3.63, 3.8) is 0 Å². The van der Waals surface area contributed by atoms with Crippen molar-refractivity contribution < 1.29 is 4.74 Å². The molecule has 3 unspecified atom stereocenters. The average Bonchev–Trinajstić information content (AvgIpc) is 2.52. The first-order valence-corrected chi connectivity index (χ1v) is 6.62. The summed E-state index contributed by atoms with van der Waals surface area (Å²) >= 11 is 0. The molecule has 0 bridgehead atoms. The molecule has 0 aromatic heterocycles. The Morgan fingerprint density at radius 1 is 1.25 bits per heavy atom. The van der Waals surface area contributed by atoms with Crippen LogP contribution in [0, 0.1) is 0 Å². The van der Waals surface area contributed by atoms with Crippen LogP contribution in [0.4, 0.5) is 0 Å². The van der Waals surface area contributed by atoms with E-state index in [0.717, 1.165) is 19.6 Å². The van der Waals surface area contributed by atoms with Crippen LogP contribution in [0.5, 0.6) is 0 Å². The molecule has 2 rings (SSSR count). The molecule has 0 spiro atoms. The van der Waals surface area contributed by atoms with E-state index in [9.17, 15) is 0 Å². The van der Waals surface area contributed by atoms with Crippen molar-refractivity contribution in [2.45, 2.75) is 64.3 Å². The maximum absolute atomic E-state index is 6.09. The molecule has 2 aliphatic rings. The number of ether oxygens (including phenoxy) is 1. The largest absolute Gasteiger partial charge is 0.371 e. The monoisotopic (exact) mass is 226 g/mol. The van der Waals surface area contributed by atoms with Gasteiger partial charge in [-0.15, -0.1) is 0 Å². The summed E-state index contributed by atoms with van der Waals surface area (Å²) in [6, 6.07) is 1.27. The van der Waals surface area contributed by atoms with Crippen molar-refractivity contribution in [1.29, 1.82) is 0 Å². The second kappa shape index (κ2) is 4.63. The topological polar surface area (TPSA) is 24.5 Å². The molecular formula is C13H26N2O. The van der Waals surface area contributed by atoms with Crippen LogP contribution in [-0.4, -0.2) is 48.3 Å². The first-order valence-electron chi connectivity index (χ1n) is 6.62. The molecular weight excluding hydrogens is 200 g/mol. The molecule has 2 fully saturated rings. The maximum atomic E-state index is 6.09. The van der Waals surface area contributed by atoms with Crippen molar-refractivity contribution >= 4 is 0 Å². The van der Waals surface area contributed by atoms with Crippen LogP contribution in [0.15, 0.2) is 0 Å². The summed E-state index contributed by atoms with van der Waals surface area (Å²) in [5.41, 5.74) is 0.102. The minimum atomic E-state index is 0.102. The van der Waals surface area contributed by atoms with E-state index >= 15 is 0 Å². The van der Waals surface area contributed by atoms with Crippen LogP contribution >= 0.6 is 0 Å². The number of rotatable bonds is 2. The van der Waals surface area contributed by atoms with Crippen molar-refractivity contribution in [2.75, 3.05) is 19.6 Å². The van der Waals surface area contributed by atoms with Gasteiger partial charge in [0.05, 0.1) is 11.7 Å². The Bertz CT molecular complexity index is 232. The lowest BCUT2D eigenvalue weighted by molar-refractivity contribution is -0.0418. The summed E-state index contributed by atoms with van der Waals surface area (Å²) in [5, 5.41) is 3.47. The summed E-state index contributed by atoms with van der Waals surface area (Å²) in [7, 11) is 0. The highest BCUT2D eigenvalue weighted by Gasteiger charge is 2.35. The SMILES string of the molecule is CC1CNCC(C)N1CC1CCC(C)(C)O1. The second-order valence-corrected chi connectivity index (χ2v) is 6.09. The number of nitrogens with zero attached hydrogens (tertiary/aromatic N) is 1. The highest BCUT2D eigenvalue weighted by molar-refractivity contribution is 4.88. The van der Waals surface area contributed by atoms with E-state index in [-0.39, 0.29) is 5.60 Å². The standard InChI is InChI=1S/C13H26N2O/c1-10-7-14-8-11(2)15(10)9-12-5-6-13(3,4)16-12/h10-12,14H,5-9H2,1-4H3. The Hall–Kier alpha value is -0.120. The van der Waals surface area contributed by atoms with Gasteiger partial charge in [-0.25, -0.2) is 0 Å². The Balaban J connectivity index is 1.88. The number of hydrogen-bond acceptors (Lipinski definition) is 3. The molecule has 1 N–H and O–H groups in total. The first-order chi connectivity index (χ1) is 7.48. The number of hydrogen-bond donors (Lipinski definition) is 1. The van der Waals surface area contributed by atoms with Gasteiger partial charge in [-0.3, -0.25) is 4.90 Å². The van der Waals surface area contributed by atoms with Gasteiger partial charge < -0.3 is 10.1 Å². The van der Waals surface area contributed by atoms with Gasteiger partial charge in [0.2, 0.25) is 0 Å². The van der Waals surface area contributed by atoms with Crippen LogP contribution in [0.3, 0.4) is 0 Å². The van der Waals surface area contributed by atoms with Gasteiger partial charge >= 0.3 is 0 Å². The van der Waals surface area contributed by atoms with Gasteiger partial charge in [0.15, 0.2) is 0 Å². The summed E-state index contributed by atoms with van der Waals surface area (Å²) in [6.45, 7) is 12.4. The molecule has 0 saturated carbocycles. The van der Waals surface area contributed by atoms with E-state index in [1.54, 1.807) is 0 Å². The van der Waals surface area contributed by atoms with Gasteiger partial charge in [-0.2, -0.15) is 0 Å².